The molecule has 4 rings (SSSR count). The Morgan fingerprint density at radius 2 is 2.12 bits per heavy atom. The third-order valence-corrected chi connectivity index (χ3v) is 4.82. The molecule has 0 spiro atoms. The van der Waals surface area contributed by atoms with Crippen LogP contribution in [0.25, 0.3) is 0 Å². The first-order chi connectivity index (χ1) is 12.5. The monoisotopic (exact) mass is 368 g/mol. The molecule has 2 aliphatic heterocycles. The van der Waals surface area contributed by atoms with E-state index in [1.54, 1.807) is 6.07 Å². The third kappa shape index (κ3) is 2.99. The van der Waals surface area contributed by atoms with Gasteiger partial charge < -0.3 is 20.3 Å². The average Bonchev–Trinajstić information content (AvgIpc) is 3.01. The number of anilines is 1. The van der Waals surface area contributed by atoms with Crippen molar-refractivity contribution in [1.29, 1.82) is 0 Å². The average molecular weight is 369 g/mol. The van der Waals surface area contributed by atoms with Gasteiger partial charge in [-0.15, -0.1) is 0 Å². The Hall–Kier alpha value is -2.32. The van der Waals surface area contributed by atoms with Gasteiger partial charge in [-0.1, -0.05) is 29.8 Å². The minimum Gasteiger partial charge on any atom is -0.423 e. The van der Waals surface area contributed by atoms with E-state index < -0.39 is 12.9 Å². The first-order valence-electron chi connectivity index (χ1n) is 8.24. The first-order valence-corrected chi connectivity index (χ1v) is 8.62. The van der Waals surface area contributed by atoms with E-state index in [0.717, 1.165) is 16.8 Å². The van der Waals surface area contributed by atoms with Crippen LogP contribution in [0, 0.1) is 0 Å². The lowest BCUT2D eigenvalue weighted by atomic mass is 9.78. The van der Waals surface area contributed by atoms with Crippen LogP contribution < -0.4 is 21.8 Å². The number of aliphatic imine (C=N–C) groups is 1. The normalized spacial score (nSPS) is 21.6. The summed E-state index contributed by atoms with van der Waals surface area (Å²) in [6.07, 6.45) is 1.82. The maximum Gasteiger partial charge on any atom is 0.493 e. The van der Waals surface area contributed by atoms with Gasteiger partial charge in [-0.25, -0.2) is 4.99 Å². The Kier molecular flexibility index (Phi) is 4.24. The first kappa shape index (κ1) is 17.1. The molecule has 2 aliphatic rings. The Labute approximate surface area is 156 Å². The highest BCUT2D eigenvalue weighted by atomic mass is 35.5. The number of benzene rings is 2. The number of nitrogens with zero attached hydrogens (tertiary/aromatic N) is 1. The van der Waals surface area contributed by atoms with Crippen molar-refractivity contribution < 1.29 is 9.68 Å². The largest absolute Gasteiger partial charge is 0.493 e. The molecule has 0 saturated heterocycles. The second kappa shape index (κ2) is 6.44. The minimum atomic E-state index is -1.18. The number of nitrogens with one attached hydrogen (secondary N) is 2. The predicted molar refractivity (Wildman–Crippen MR) is 104 cm³/mol. The van der Waals surface area contributed by atoms with E-state index >= 15 is 0 Å². The lowest BCUT2D eigenvalue weighted by Crippen LogP contribution is -2.50. The van der Waals surface area contributed by atoms with E-state index in [0.29, 0.717) is 21.9 Å². The van der Waals surface area contributed by atoms with Crippen LogP contribution in [-0.4, -0.2) is 18.0 Å². The zero-order valence-corrected chi connectivity index (χ0v) is 14.9. The number of halogens is 1. The van der Waals surface area contributed by atoms with E-state index in [2.05, 4.69) is 15.6 Å². The second-order valence-corrected chi connectivity index (χ2v) is 6.79. The molecule has 1 atom stereocenters. The summed E-state index contributed by atoms with van der Waals surface area (Å²) in [7, 11) is -1.000. The second-order valence-electron chi connectivity index (χ2n) is 6.38. The molecule has 5 N–H and O–H groups in total. The van der Waals surface area contributed by atoms with Gasteiger partial charge in [0.25, 0.3) is 0 Å². The van der Waals surface area contributed by atoms with Crippen LogP contribution in [0.1, 0.15) is 18.1 Å². The lowest BCUT2D eigenvalue weighted by molar-refractivity contribution is 0.275. The van der Waals surface area contributed by atoms with Crippen molar-refractivity contribution in [2.24, 2.45) is 10.7 Å². The van der Waals surface area contributed by atoms with Gasteiger partial charge in [-0.2, -0.15) is 0 Å². The van der Waals surface area contributed by atoms with Crippen LogP contribution >= 0.6 is 11.6 Å². The number of amidine groups is 1. The van der Waals surface area contributed by atoms with Gasteiger partial charge in [0.2, 0.25) is 5.79 Å². The zero-order valence-electron chi connectivity index (χ0n) is 14.2. The summed E-state index contributed by atoms with van der Waals surface area (Å²) in [4.78, 5) is 4.69. The zero-order chi connectivity index (χ0) is 18.3. The number of hydrogen-bond donors (Lipinski definition) is 4. The van der Waals surface area contributed by atoms with Gasteiger partial charge in [0.05, 0.1) is 6.61 Å². The van der Waals surface area contributed by atoms with Crippen molar-refractivity contribution in [3.05, 3.63) is 70.4 Å². The summed E-state index contributed by atoms with van der Waals surface area (Å²) in [5.74, 6) is -0.506. The summed E-state index contributed by atoms with van der Waals surface area (Å²) in [6, 6.07) is 13.3. The Morgan fingerprint density at radius 3 is 2.88 bits per heavy atom. The number of para-hydroxylation sites is 1. The molecule has 6 nitrogen and oxygen atoms in total. The predicted octanol–water partition coefficient (Wildman–Crippen LogP) is 1.64. The molecule has 0 bridgehead atoms. The molecule has 0 fully saturated rings. The molecule has 132 valence electrons. The highest BCUT2D eigenvalue weighted by molar-refractivity contribution is 6.65. The van der Waals surface area contributed by atoms with Crippen LogP contribution in [0.15, 0.2) is 59.2 Å². The topological polar surface area (TPSA) is 91.9 Å². The van der Waals surface area contributed by atoms with Gasteiger partial charge in [0.1, 0.15) is 5.84 Å². The maximum atomic E-state index is 9.87. The van der Waals surface area contributed by atoms with E-state index in [1.165, 1.54) is 0 Å². The Balaban J connectivity index is 1.71. The van der Waals surface area contributed by atoms with Gasteiger partial charge in [0.15, 0.2) is 0 Å². The molecule has 1 unspecified atom stereocenters. The van der Waals surface area contributed by atoms with Crippen molar-refractivity contribution in [2.45, 2.75) is 19.3 Å². The molecule has 0 amide bonds. The highest BCUT2D eigenvalue weighted by Crippen LogP contribution is 2.28. The van der Waals surface area contributed by atoms with Crippen molar-refractivity contribution in [3.63, 3.8) is 0 Å². The van der Waals surface area contributed by atoms with Gasteiger partial charge in [0, 0.05) is 33.5 Å². The number of fused-ring (bicyclic) bond motifs is 1. The summed E-state index contributed by atoms with van der Waals surface area (Å²) in [5.41, 5.74) is 10.5. The number of nitrogens with two attached hydrogens (primary N) is 1. The molecule has 26 heavy (non-hydrogen) atoms. The summed E-state index contributed by atoms with van der Waals surface area (Å²) >= 11 is 6.34. The maximum absolute atomic E-state index is 9.87. The van der Waals surface area contributed by atoms with E-state index in [-0.39, 0.29) is 6.61 Å². The summed E-state index contributed by atoms with van der Waals surface area (Å²) < 4.78 is 5.25. The van der Waals surface area contributed by atoms with Crippen LogP contribution in [0.3, 0.4) is 0 Å². The third-order valence-electron chi connectivity index (χ3n) is 4.51. The fourth-order valence-corrected chi connectivity index (χ4v) is 3.39. The molecular formula is C18H18BClN4O2. The lowest BCUT2D eigenvalue weighted by Gasteiger charge is -2.32. The van der Waals surface area contributed by atoms with Crippen LogP contribution in [0.4, 0.5) is 5.69 Å². The van der Waals surface area contributed by atoms with E-state index in [4.69, 9.17) is 22.0 Å². The highest BCUT2D eigenvalue weighted by Gasteiger charge is 2.35. The van der Waals surface area contributed by atoms with Gasteiger partial charge in [-0.05, 0) is 36.8 Å². The SMILES string of the molecule is CC1=CNC(N)(c2cc(Cl)c3c(c2)COB3O)N=C1Nc1ccccc1. The fraction of sp³-hybridized carbons (Fsp3) is 0.167. The molecule has 8 heteroatoms. The molecule has 0 radical (unpaired) electrons. The van der Waals surface area contributed by atoms with E-state index in [1.807, 2.05) is 49.5 Å². The molecular weight excluding hydrogens is 350 g/mol. The summed E-state index contributed by atoms with van der Waals surface area (Å²) in [6.45, 7) is 2.23. The Bertz CT molecular complexity index is 919. The van der Waals surface area contributed by atoms with Crippen molar-refractivity contribution in [2.75, 3.05) is 5.32 Å². The molecule has 0 aromatic heterocycles. The smallest absolute Gasteiger partial charge is 0.423 e. The molecule has 0 saturated carbocycles. The van der Waals surface area contributed by atoms with Gasteiger partial charge >= 0.3 is 7.12 Å². The van der Waals surface area contributed by atoms with Crippen LogP contribution in [0.2, 0.25) is 5.02 Å². The number of hydrogen-bond acceptors (Lipinski definition) is 6. The van der Waals surface area contributed by atoms with E-state index in [9.17, 15) is 5.02 Å². The van der Waals surface area contributed by atoms with Crippen molar-refractivity contribution in [1.82, 2.24) is 5.32 Å². The fourth-order valence-electron chi connectivity index (χ4n) is 3.06. The quantitative estimate of drug-likeness (QED) is 0.605. The van der Waals surface area contributed by atoms with Gasteiger partial charge in [-0.3, -0.25) is 5.73 Å². The van der Waals surface area contributed by atoms with Crippen molar-refractivity contribution >= 4 is 35.7 Å². The standard InChI is InChI=1S/C18H18BClN4O2/c1-11-9-22-18(21,24-17(11)23-14-5-3-2-4-6-14)13-7-12-10-26-19(25)16(12)15(20)8-13/h2-9,22,25H,10,21H2,1H3,(H,23,24). The number of rotatable bonds is 2. The molecule has 2 aromatic rings. The molecule has 0 aliphatic carbocycles. The molecule has 2 aromatic carbocycles. The minimum absolute atomic E-state index is 0.286. The van der Waals surface area contributed by atoms with Crippen LogP contribution in [0.5, 0.6) is 0 Å². The van der Waals surface area contributed by atoms with Crippen LogP contribution in [-0.2, 0) is 17.0 Å². The molecule has 2 heterocycles. The summed E-state index contributed by atoms with van der Waals surface area (Å²) in [5, 5.41) is 16.7. The van der Waals surface area contributed by atoms with Crippen molar-refractivity contribution in [3.8, 4) is 0 Å². The Morgan fingerprint density at radius 1 is 1.35 bits per heavy atom.